The minimum atomic E-state index is -0.0995. The van der Waals surface area contributed by atoms with Gasteiger partial charge in [-0.3, -0.25) is 0 Å². The Bertz CT molecular complexity index is 462. The van der Waals surface area contributed by atoms with Crippen LogP contribution in [0.1, 0.15) is 38.7 Å². The fourth-order valence-electron chi connectivity index (χ4n) is 2.65. The summed E-state index contributed by atoms with van der Waals surface area (Å²) < 4.78 is 5.18. The van der Waals surface area contributed by atoms with Crippen molar-refractivity contribution in [1.82, 2.24) is 10.2 Å². The van der Waals surface area contributed by atoms with Crippen molar-refractivity contribution in [2.24, 2.45) is 0 Å². The lowest BCUT2D eigenvalue weighted by Gasteiger charge is -2.30. The second-order valence-electron chi connectivity index (χ2n) is 6.32. The normalized spacial score (nSPS) is 15.7. The van der Waals surface area contributed by atoms with Gasteiger partial charge in [0.25, 0.3) is 0 Å². The van der Waals surface area contributed by atoms with Crippen molar-refractivity contribution in [3.63, 3.8) is 0 Å². The first kappa shape index (κ1) is 15.7. The maximum atomic E-state index is 12.2. The highest BCUT2D eigenvalue weighted by molar-refractivity contribution is 5.74. The Morgan fingerprint density at radius 2 is 1.81 bits per heavy atom. The average molecular weight is 290 g/mol. The summed E-state index contributed by atoms with van der Waals surface area (Å²) in [5, 5.41) is 3.08. The molecular formula is C17H26N2O2. The smallest absolute Gasteiger partial charge is 0.317 e. The van der Waals surface area contributed by atoms with Crippen molar-refractivity contribution >= 4 is 6.03 Å². The van der Waals surface area contributed by atoms with Gasteiger partial charge in [0.1, 0.15) is 5.75 Å². The van der Waals surface area contributed by atoms with E-state index < -0.39 is 0 Å². The summed E-state index contributed by atoms with van der Waals surface area (Å²) in [5.41, 5.74) is 1.10. The van der Waals surface area contributed by atoms with Crippen LogP contribution in [0.2, 0.25) is 0 Å². The van der Waals surface area contributed by atoms with E-state index >= 15 is 0 Å². The number of nitrogens with zero attached hydrogens (tertiary/aromatic N) is 1. The van der Waals surface area contributed by atoms with Gasteiger partial charge in [0.05, 0.1) is 7.11 Å². The first-order valence-corrected chi connectivity index (χ1v) is 7.70. The Balaban J connectivity index is 1.91. The predicted molar refractivity (Wildman–Crippen MR) is 84.8 cm³/mol. The molecule has 1 aliphatic heterocycles. The molecule has 4 heteroatoms. The molecular weight excluding hydrogens is 264 g/mol. The third kappa shape index (κ3) is 4.13. The van der Waals surface area contributed by atoms with Crippen molar-refractivity contribution < 1.29 is 9.53 Å². The summed E-state index contributed by atoms with van der Waals surface area (Å²) in [6.45, 7) is 6.69. The van der Waals surface area contributed by atoms with Gasteiger partial charge in [-0.2, -0.15) is 0 Å². The number of benzene rings is 1. The number of rotatable bonds is 4. The monoisotopic (exact) mass is 290 g/mol. The van der Waals surface area contributed by atoms with Gasteiger partial charge in [-0.1, -0.05) is 26.0 Å². The second kappa shape index (κ2) is 6.83. The van der Waals surface area contributed by atoms with Crippen LogP contribution >= 0.6 is 0 Å². The molecule has 0 unspecified atom stereocenters. The topological polar surface area (TPSA) is 41.6 Å². The van der Waals surface area contributed by atoms with Crippen LogP contribution in [0.5, 0.6) is 5.75 Å². The Morgan fingerprint density at radius 1 is 1.19 bits per heavy atom. The molecule has 4 nitrogen and oxygen atoms in total. The van der Waals surface area contributed by atoms with E-state index in [1.165, 1.54) is 12.0 Å². The molecule has 21 heavy (non-hydrogen) atoms. The fourth-order valence-corrected chi connectivity index (χ4v) is 2.65. The Hall–Kier alpha value is -1.71. The third-order valence-corrected chi connectivity index (χ3v) is 4.20. The number of amides is 2. The summed E-state index contributed by atoms with van der Waals surface area (Å²) in [6, 6.07) is 8.11. The van der Waals surface area contributed by atoms with Crippen LogP contribution in [0.15, 0.2) is 24.3 Å². The van der Waals surface area contributed by atoms with Gasteiger partial charge in [0.15, 0.2) is 0 Å². The van der Waals surface area contributed by atoms with Crippen LogP contribution in [-0.2, 0) is 5.41 Å². The summed E-state index contributed by atoms with van der Waals surface area (Å²) in [7, 11) is 1.67. The molecule has 0 aliphatic carbocycles. The Morgan fingerprint density at radius 3 is 2.38 bits per heavy atom. The highest BCUT2D eigenvalue weighted by Crippen LogP contribution is 2.24. The fraction of sp³-hybridized carbons (Fsp3) is 0.588. The molecule has 1 fully saturated rings. The third-order valence-electron chi connectivity index (χ3n) is 4.20. The van der Waals surface area contributed by atoms with Crippen LogP contribution in [0, 0.1) is 0 Å². The minimum Gasteiger partial charge on any atom is -0.497 e. The minimum absolute atomic E-state index is 0.0660. The zero-order valence-corrected chi connectivity index (χ0v) is 13.3. The molecule has 116 valence electrons. The van der Waals surface area contributed by atoms with E-state index in [-0.39, 0.29) is 11.4 Å². The van der Waals surface area contributed by atoms with E-state index in [4.69, 9.17) is 4.74 Å². The molecule has 2 amide bonds. The molecule has 0 saturated carbocycles. The molecule has 0 radical (unpaired) electrons. The summed E-state index contributed by atoms with van der Waals surface area (Å²) in [5.74, 6) is 0.854. The maximum Gasteiger partial charge on any atom is 0.317 e. The van der Waals surface area contributed by atoms with Crippen molar-refractivity contribution in [2.45, 2.75) is 38.5 Å². The van der Waals surface area contributed by atoms with Crippen molar-refractivity contribution in [2.75, 3.05) is 26.7 Å². The number of carbonyl (C=O) groups is 1. The number of nitrogens with one attached hydrogen (secondary N) is 1. The number of piperidine rings is 1. The van der Waals surface area contributed by atoms with E-state index in [0.717, 1.165) is 31.7 Å². The first-order valence-electron chi connectivity index (χ1n) is 7.70. The molecule has 0 aromatic heterocycles. The van der Waals surface area contributed by atoms with E-state index in [1.54, 1.807) is 7.11 Å². The predicted octanol–water partition coefficient (Wildman–Crippen LogP) is 3.17. The van der Waals surface area contributed by atoms with E-state index in [9.17, 15) is 4.79 Å². The highest BCUT2D eigenvalue weighted by atomic mass is 16.5. The van der Waals surface area contributed by atoms with E-state index in [1.807, 2.05) is 17.0 Å². The second-order valence-corrected chi connectivity index (χ2v) is 6.32. The van der Waals surface area contributed by atoms with Crippen LogP contribution in [-0.4, -0.2) is 37.7 Å². The maximum absolute atomic E-state index is 12.2. The molecule has 0 bridgehead atoms. The molecule has 1 N–H and O–H groups in total. The molecule has 0 atom stereocenters. The van der Waals surface area contributed by atoms with Gasteiger partial charge in [-0.05, 0) is 37.0 Å². The van der Waals surface area contributed by atoms with Crippen LogP contribution in [0.4, 0.5) is 4.79 Å². The van der Waals surface area contributed by atoms with Gasteiger partial charge in [-0.25, -0.2) is 4.79 Å². The largest absolute Gasteiger partial charge is 0.497 e. The average Bonchev–Trinajstić information content (AvgIpc) is 2.53. The number of methoxy groups -OCH3 is 1. The van der Waals surface area contributed by atoms with Crippen LogP contribution in [0.3, 0.4) is 0 Å². The number of ether oxygens (including phenoxy) is 1. The Labute approximate surface area is 127 Å². The zero-order chi connectivity index (χ0) is 15.3. The molecule has 1 heterocycles. The SMILES string of the molecule is COc1ccc(C(C)(C)CNC(=O)N2CCCCC2)cc1. The number of hydrogen-bond donors (Lipinski definition) is 1. The van der Waals surface area contributed by atoms with Gasteiger partial charge in [0, 0.05) is 25.0 Å². The van der Waals surface area contributed by atoms with Gasteiger partial charge in [-0.15, -0.1) is 0 Å². The quantitative estimate of drug-likeness (QED) is 0.925. The summed E-state index contributed by atoms with van der Waals surface area (Å²) in [6.07, 6.45) is 3.48. The van der Waals surface area contributed by atoms with Gasteiger partial charge < -0.3 is 15.0 Å². The van der Waals surface area contributed by atoms with Crippen molar-refractivity contribution in [3.8, 4) is 5.75 Å². The molecule has 0 spiro atoms. The number of carbonyl (C=O) groups excluding carboxylic acids is 1. The van der Waals surface area contributed by atoms with Crippen LogP contribution < -0.4 is 10.1 Å². The molecule has 1 aliphatic rings. The number of hydrogen-bond acceptors (Lipinski definition) is 2. The lowest BCUT2D eigenvalue weighted by molar-refractivity contribution is 0.184. The lowest BCUT2D eigenvalue weighted by atomic mass is 9.84. The van der Waals surface area contributed by atoms with E-state index in [0.29, 0.717) is 6.54 Å². The number of likely N-dealkylation sites (tertiary alicyclic amines) is 1. The Kier molecular flexibility index (Phi) is 5.10. The number of urea groups is 1. The lowest BCUT2D eigenvalue weighted by Crippen LogP contribution is -2.46. The molecule has 2 rings (SSSR count). The van der Waals surface area contributed by atoms with Crippen LogP contribution in [0.25, 0.3) is 0 Å². The van der Waals surface area contributed by atoms with Crippen molar-refractivity contribution in [3.05, 3.63) is 29.8 Å². The first-order chi connectivity index (χ1) is 10.0. The van der Waals surface area contributed by atoms with Gasteiger partial charge >= 0.3 is 6.03 Å². The summed E-state index contributed by atoms with van der Waals surface area (Å²) >= 11 is 0. The summed E-state index contributed by atoms with van der Waals surface area (Å²) in [4.78, 5) is 14.1. The molecule has 1 aromatic rings. The zero-order valence-electron chi connectivity index (χ0n) is 13.3. The molecule has 1 saturated heterocycles. The van der Waals surface area contributed by atoms with Crippen molar-refractivity contribution in [1.29, 1.82) is 0 Å². The van der Waals surface area contributed by atoms with Gasteiger partial charge in [0.2, 0.25) is 0 Å². The van der Waals surface area contributed by atoms with E-state index in [2.05, 4.69) is 31.3 Å². The molecule has 1 aromatic carbocycles. The highest BCUT2D eigenvalue weighted by Gasteiger charge is 2.23. The standard InChI is InChI=1S/C17H26N2O2/c1-17(2,14-7-9-15(21-3)10-8-14)13-18-16(20)19-11-5-4-6-12-19/h7-10H,4-6,11-13H2,1-3H3,(H,18,20).